The third kappa shape index (κ3) is 5.57. The summed E-state index contributed by atoms with van der Waals surface area (Å²) >= 11 is 0. The van der Waals surface area contributed by atoms with E-state index in [9.17, 15) is 22.8 Å². The second-order valence-corrected chi connectivity index (χ2v) is 7.55. The number of ether oxygens (including phenoxy) is 1. The standard InChI is InChI=1S/C23H25F3N2O3/c1-16-5-3-8-20(17(16)2)31-14-9-21(29)27-10-12-28(13-11-27)22(30)18-6-4-7-19(15-18)23(24,25)26/h3-8,15H,9-14H2,1-2H3. The summed E-state index contributed by atoms with van der Waals surface area (Å²) < 4.78 is 44.4. The first-order valence-electron chi connectivity index (χ1n) is 10.1. The molecule has 0 unspecified atom stereocenters. The molecule has 0 aromatic heterocycles. The van der Waals surface area contributed by atoms with E-state index in [2.05, 4.69) is 0 Å². The highest BCUT2D eigenvalue weighted by Crippen LogP contribution is 2.30. The monoisotopic (exact) mass is 434 g/mol. The largest absolute Gasteiger partial charge is 0.493 e. The molecule has 2 aromatic rings. The van der Waals surface area contributed by atoms with Crippen molar-refractivity contribution in [1.29, 1.82) is 0 Å². The number of nitrogens with zero attached hydrogens (tertiary/aromatic N) is 2. The first-order valence-corrected chi connectivity index (χ1v) is 10.1. The fourth-order valence-electron chi connectivity index (χ4n) is 3.46. The van der Waals surface area contributed by atoms with Crippen molar-refractivity contribution in [3.05, 3.63) is 64.7 Å². The highest BCUT2D eigenvalue weighted by Gasteiger charge is 2.32. The van der Waals surface area contributed by atoms with Crippen molar-refractivity contribution in [2.45, 2.75) is 26.4 Å². The van der Waals surface area contributed by atoms with Crippen LogP contribution in [0, 0.1) is 13.8 Å². The molecule has 31 heavy (non-hydrogen) atoms. The van der Waals surface area contributed by atoms with E-state index in [-0.39, 0.29) is 37.6 Å². The van der Waals surface area contributed by atoms with Gasteiger partial charge in [0, 0.05) is 31.7 Å². The fourth-order valence-corrected chi connectivity index (χ4v) is 3.46. The maximum atomic E-state index is 12.9. The summed E-state index contributed by atoms with van der Waals surface area (Å²) in [6.45, 7) is 5.45. The van der Waals surface area contributed by atoms with Crippen molar-refractivity contribution in [3.63, 3.8) is 0 Å². The molecular formula is C23H25F3N2O3. The Bertz CT molecular complexity index is 951. The molecule has 0 aliphatic carbocycles. The van der Waals surface area contributed by atoms with Gasteiger partial charge in [0.2, 0.25) is 5.91 Å². The number of rotatable bonds is 5. The minimum atomic E-state index is -4.50. The molecule has 0 atom stereocenters. The van der Waals surface area contributed by atoms with Crippen LogP contribution >= 0.6 is 0 Å². The van der Waals surface area contributed by atoms with Gasteiger partial charge in [-0.05, 0) is 49.2 Å². The van der Waals surface area contributed by atoms with E-state index in [0.717, 1.165) is 29.0 Å². The molecule has 0 radical (unpaired) electrons. The van der Waals surface area contributed by atoms with Crippen LogP contribution < -0.4 is 4.74 Å². The van der Waals surface area contributed by atoms with E-state index in [4.69, 9.17) is 4.74 Å². The van der Waals surface area contributed by atoms with Crippen LogP contribution in [0.3, 0.4) is 0 Å². The van der Waals surface area contributed by atoms with E-state index >= 15 is 0 Å². The maximum Gasteiger partial charge on any atom is 0.416 e. The zero-order valence-electron chi connectivity index (χ0n) is 17.5. The van der Waals surface area contributed by atoms with Gasteiger partial charge in [-0.25, -0.2) is 0 Å². The van der Waals surface area contributed by atoms with Gasteiger partial charge in [-0.15, -0.1) is 0 Å². The Morgan fingerprint density at radius 2 is 1.61 bits per heavy atom. The Labute approximate surface area is 179 Å². The number of alkyl halides is 3. The van der Waals surface area contributed by atoms with Crippen molar-refractivity contribution < 1.29 is 27.5 Å². The average molecular weight is 434 g/mol. The van der Waals surface area contributed by atoms with Gasteiger partial charge in [0.25, 0.3) is 5.91 Å². The molecule has 166 valence electrons. The van der Waals surface area contributed by atoms with Crippen LogP contribution in [0.2, 0.25) is 0 Å². The Balaban J connectivity index is 1.49. The molecule has 0 saturated carbocycles. The second-order valence-electron chi connectivity index (χ2n) is 7.55. The molecule has 3 rings (SSSR count). The number of hydrogen-bond acceptors (Lipinski definition) is 3. The number of halogens is 3. The molecule has 0 bridgehead atoms. The molecule has 2 amide bonds. The van der Waals surface area contributed by atoms with Gasteiger partial charge in [-0.1, -0.05) is 18.2 Å². The molecule has 1 heterocycles. The number of aryl methyl sites for hydroxylation is 1. The molecule has 0 N–H and O–H groups in total. The number of benzene rings is 2. The van der Waals surface area contributed by atoms with Crippen LogP contribution in [0.25, 0.3) is 0 Å². The number of carbonyl (C=O) groups is 2. The summed E-state index contributed by atoms with van der Waals surface area (Å²) in [5.74, 6) is 0.220. The van der Waals surface area contributed by atoms with E-state index in [1.54, 1.807) is 4.90 Å². The number of hydrogen-bond donors (Lipinski definition) is 0. The van der Waals surface area contributed by atoms with Crippen LogP contribution in [0.4, 0.5) is 13.2 Å². The quantitative estimate of drug-likeness (QED) is 0.713. The Hall–Kier alpha value is -3.03. The highest BCUT2D eigenvalue weighted by molar-refractivity contribution is 5.94. The predicted octanol–water partition coefficient (Wildman–Crippen LogP) is 4.08. The molecule has 0 spiro atoms. The molecule has 2 aromatic carbocycles. The Kier molecular flexibility index (Phi) is 6.87. The number of piperazine rings is 1. The molecule has 1 fully saturated rings. The van der Waals surface area contributed by atoms with Crippen LogP contribution in [-0.4, -0.2) is 54.4 Å². The number of carbonyl (C=O) groups excluding carboxylic acids is 2. The second kappa shape index (κ2) is 9.41. The van der Waals surface area contributed by atoms with Crippen molar-refractivity contribution in [3.8, 4) is 5.75 Å². The first kappa shape index (κ1) is 22.7. The van der Waals surface area contributed by atoms with Crippen molar-refractivity contribution in [2.24, 2.45) is 0 Å². The van der Waals surface area contributed by atoms with E-state index < -0.39 is 17.6 Å². The topological polar surface area (TPSA) is 49.9 Å². The highest BCUT2D eigenvalue weighted by atomic mass is 19.4. The number of amides is 2. The normalized spacial score (nSPS) is 14.5. The SMILES string of the molecule is Cc1cccc(OCCC(=O)N2CCN(C(=O)c3cccc(C(F)(F)F)c3)CC2)c1C. The van der Waals surface area contributed by atoms with Crippen molar-refractivity contribution in [1.82, 2.24) is 9.80 Å². The van der Waals surface area contributed by atoms with Gasteiger partial charge >= 0.3 is 6.18 Å². The van der Waals surface area contributed by atoms with Crippen molar-refractivity contribution in [2.75, 3.05) is 32.8 Å². The van der Waals surface area contributed by atoms with Crippen LogP contribution in [0.15, 0.2) is 42.5 Å². The predicted molar refractivity (Wildman–Crippen MR) is 110 cm³/mol. The van der Waals surface area contributed by atoms with Crippen LogP contribution in [-0.2, 0) is 11.0 Å². The third-order valence-electron chi connectivity index (χ3n) is 5.48. The molecule has 1 aliphatic rings. The fraction of sp³-hybridized carbons (Fsp3) is 0.391. The van der Waals surface area contributed by atoms with Crippen molar-refractivity contribution >= 4 is 11.8 Å². The lowest BCUT2D eigenvalue weighted by molar-refractivity contribution is -0.137. The molecule has 1 aliphatic heterocycles. The summed E-state index contributed by atoms with van der Waals surface area (Å²) in [4.78, 5) is 28.2. The lowest BCUT2D eigenvalue weighted by Gasteiger charge is -2.35. The van der Waals surface area contributed by atoms with Gasteiger partial charge in [0.1, 0.15) is 5.75 Å². The van der Waals surface area contributed by atoms with Gasteiger partial charge < -0.3 is 14.5 Å². The third-order valence-corrected chi connectivity index (χ3v) is 5.48. The summed E-state index contributed by atoms with van der Waals surface area (Å²) in [7, 11) is 0. The van der Waals surface area contributed by atoms with Crippen LogP contribution in [0.1, 0.15) is 33.5 Å². The summed E-state index contributed by atoms with van der Waals surface area (Å²) in [5.41, 5.74) is 1.30. The smallest absolute Gasteiger partial charge is 0.416 e. The zero-order chi connectivity index (χ0) is 22.6. The zero-order valence-corrected chi connectivity index (χ0v) is 17.5. The molecular weight excluding hydrogens is 409 g/mol. The minimum absolute atomic E-state index is 0.00322. The van der Waals surface area contributed by atoms with Gasteiger partial charge in [0.05, 0.1) is 18.6 Å². The van der Waals surface area contributed by atoms with E-state index in [0.29, 0.717) is 13.1 Å². The molecule has 1 saturated heterocycles. The molecule has 8 heteroatoms. The Morgan fingerprint density at radius 1 is 0.968 bits per heavy atom. The van der Waals surface area contributed by atoms with Gasteiger partial charge in [-0.3, -0.25) is 9.59 Å². The summed E-state index contributed by atoms with van der Waals surface area (Å²) in [6.07, 6.45) is -4.28. The van der Waals surface area contributed by atoms with E-state index in [1.807, 2.05) is 32.0 Å². The molecule has 5 nitrogen and oxygen atoms in total. The lowest BCUT2D eigenvalue weighted by Crippen LogP contribution is -2.50. The first-order chi connectivity index (χ1) is 14.7. The lowest BCUT2D eigenvalue weighted by atomic mass is 10.1. The van der Waals surface area contributed by atoms with E-state index in [1.165, 1.54) is 17.0 Å². The minimum Gasteiger partial charge on any atom is -0.493 e. The van der Waals surface area contributed by atoms with Crippen LogP contribution in [0.5, 0.6) is 5.75 Å². The van der Waals surface area contributed by atoms with Gasteiger partial charge in [0.15, 0.2) is 0 Å². The average Bonchev–Trinajstić information content (AvgIpc) is 2.75. The summed E-state index contributed by atoms with van der Waals surface area (Å²) in [5, 5.41) is 0. The van der Waals surface area contributed by atoms with Gasteiger partial charge in [-0.2, -0.15) is 13.2 Å². The Morgan fingerprint density at radius 3 is 2.29 bits per heavy atom. The maximum absolute atomic E-state index is 12.9. The summed E-state index contributed by atoms with van der Waals surface area (Å²) in [6, 6.07) is 10.2.